The van der Waals surface area contributed by atoms with Crippen molar-refractivity contribution in [3.05, 3.63) is 42.2 Å². The molecule has 0 saturated carbocycles. The van der Waals surface area contributed by atoms with Gasteiger partial charge in [0.2, 0.25) is 5.91 Å². The van der Waals surface area contributed by atoms with Crippen LogP contribution in [0.25, 0.3) is 0 Å². The predicted molar refractivity (Wildman–Crippen MR) is 87.5 cm³/mol. The smallest absolute Gasteiger partial charge is 0.363 e. The summed E-state index contributed by atoms with van der Waals surface area (Å²) in [7, 11) is 0. The van der Waals surface area contributed by atoms with E-state index in [2.05, 4.69) is 20.3 Å². The lowest BCUT2D eigenvalue weighted by Crippen LogP contribution is -2.41. The number of carbonyl (C=O) groups excluding carboxylic acids is 2. The van der Waals surface area contributed by atoms with E-state index in [9.17, 15) is 22.8 Å². The molecule has 0 bridgehead atoms. The molecule has 1 heterocycles. The summed E-state index contributed by atoms with van der Waals surface area (Å²) < 4.78 is 42.8. The van der Waals surface area contributed by atoms with Gasteiger partial charge in [-0.15, -0.1) is 0 Å². The van der Waals surface area contributed by atoms with Crippen LogP contribution in [-0.4, -0.2) is 35.1 Å². The van der Waals surface area contributed by atoms with Crippen molar-refractivity contribution in [3.8, 4) is 0 Å². The Morgan fingerprint density at radius 3 is 2.62 bits per heavy atom. The molecular weight excluding hydrogens is 353 g/mol. The Morgan fingerprint density at radius 2 is 2.00 bits per heavy atom. The minimum Gasteiger partial charge on any atom is -0.363 e. The lowest BCUT2D eigenvalue weighted by atomic mass is 10.2. The van der Waals surface area contributed by atoms with Crippen LogP contribution in [0.15, 0.2) is 41.1 Å². The number of benzene rings is 1. The van der Waals surface area contributed by atoms with Crippen LogP contribution in [0.1, 0.15) is 18.9 Å². The molecule has 0 radical (unpaired) electrons. The zero-order valence-corrected chi connectivity index (χ0v) is 13.8. The number of alkyl halides is 3. The molecule has 2 rings (SSSR count). The first-order valence-corrected chi connectivity index (χ1v) is 7.73. The second-order valence-corrected chi connectivity index (χ2v) is 5.36. The van der Waals surface area contributed by atoms with E-state index in [1.807, 2.05) is 0 Å². The zero-order chi connectivity index (χ0) is 19.2. The van der Waals surface area contributed by atoms with Crippen LogP contribution in [-0.2, 0) is 11.0 Å². The van der Waals surface area contributed by atoms with Crippen LogP contribution >= 0.6 is 0 Å². The van der Waals surface area contributed by atoms with Crippen molar-refractivity contribution in [1.82, 2.24) is 10.1 Å². The van der Waals surface area contributed by atoms with Gasteiger partial charge in [-0.1, -0.05) is 18.1 Å². The summed E-state index contributed by atoms with van der Waals surface area (Å²) in [6.45, 7) is 1.77. The van der Waals surface area contributed by atoms with Crippen LogP contribution < -0.4 is 10.6 Å². The van der Waals surface area contributed by atoms with E-state index in [0.29, 0.717) is 6.42 Å². The monoisotopic (exact) mass is 370 g/mol. The Kier molecular flexibility index (Phi) is 6.21. The highest BCUT2D eigenvalue weighted by atomic mass is 19.4. The molecule has 0 spiro atoms. The predicted octanol–water partition coefficient (Wildman–Crippen LogP) is 3.58. The van der Waals surface area contributed by atoms with Gasteiger partial charge in [0, 0.05) is 18.3 Å². The Morgan fingerprint density at radius 1 is 1.23 bits per heavy atom. The molecule has 3 amide bonds. The fourth-order valence-corrected chi connectivity index (χ4v) is 2.13. The van der Waals surface area contributed by atoms with Gasteiger partial charge in [-0.3, -0.25) is 4.79 Å². The normalized spacial score (nSPS) is 11.1. The first-order chi connectivity index (χ1) is 12.3. The summed E-state index contributed by atoms with van der Waals surface area (Å²) in [5.41, 5.74) is -0.885. The van der Waals surface area contributed by atoms with Gasteiger partial charge >= 0.3 is 12.2 Å². The highest BCUT2D eigenvalue weighted by molar-refractivity contribution is 5.96. The number of halogens is 3. The molecule has 140 valence electrons. The molecule has 10 heteroatoms. The van der Waals surface area contributed by atoms with Gasteiger partial charge in [0.05, 0.1) is 5.56 Å². The summed E-state index contributed by atoms with van der Waals surface area (Å²) in [6.07, 6.45) is -2.67. The number of hydrogen-bond acceptors (Lipinski definition) is 4. The van der Waals surface area contributed by atoms with Gasteiger partial charge in [-0.2, -0.15) is 13.2 Å². The number of carbonyl (C=O) groups is 2. The van der Waals surface area contributed by atoms with Crippen LogP contribution in [0.5, 0.6) is 0 Å². The molecule has 2 aromatic rings. The van der Waals surface area contributed by atoms with Crippen molar-refractivity contribution in [2.75, 3.05) is 23.7 Å². The number of aromatic nitrogens is 1. The molecule has 0 aliphatic rings. The van der Waals surface area contributed by atoms with E-state index in [1.54, 1.807) is 6.92 Å². The molecule has 26 heavy (non-hydrogen) atoms. The first kappa shape index (κ1) is 19.3. The average molecular weight is 370 g/mol. The average Bonchev–Trinajstić information content (AvgIpc) is 3.06. The van der Waals surface area contributed by atoms with Crippen LogP contribution in [0.3, 0.4) is 0 Å². The zero-order valence-electron chi connectivity index (χ0n) is 13.8. The summed E-state index contributed by atoms with van der Waals surface area (Å²) in [6, 6.07) is 5.03. The van der Waals surface area contributed by atoms with Crippen LogP contribution in [0.2, 0.25) is 0 Å². The first-order valence-electron chi connectivity index (χ1n) is 7.73. The van der Waals surface area contributed by atoms with E-state index < -0.39 is 23.7 Å². The Balaban J connectivity index is 2.02. The molecule has 0 atom stereocenters. The minimum absolute atomic E-state index is 0.0113. The molecule has 7 nitrogen and oxygen atoms in total. The fraction of sp³-hybridized carbons (Fsp3) is 0.312. The fourth-order valence-electron chi connectivity index (χ4n) is 2.13. The van der Waals surface area contributed by atoms with E-state index in [4.69, 9.17) is 0 Å². The second-order valence-electron chi connectivity index (χ2n) is 5.36. The molecule has 0 unspecified atom stereocenters. The summed E-state index contributed by atoms with van der Waals surface area (Å²) >= 11 is 0. The summed E-state index contributed by atoms with van der Waals surface area (Å²) in [5.74, 6) is -0.309. The van der Waals surface area contributed by atoms with Crippen LogP contribution in [0, 0.1) is 0 Å². The number of urea groups is 1. The maximum Gasteiger partial charge on any atom is 0.416 e. The highest BCUT2D eigenvalue weighted by Crippen LogP contribution is 2.30. The molecular formula is C16H17F3N4O3. The maximum atomic E-state index is 12.7. The largest absolute Gasteiger partial charge is 0.416 e. The van der Waals surface area contributed by atoms with Gasteiger partial charge in [0.15, 0.2) is 5.82 Å². The second kappa shape index (κ2) is 8.37. The maximum absolute atomic E-state index is 12.7. The van der Waals surface area contributed by atoms with E-state index in [-0.39, 0.29) is 24.6 Å². The third-order valence-electron chi connectivity index (χ3n) is 3.26. The number of nitrogens with one attached hydrogen (secondary N) is 2. The van der Waals surface area contributed by atoms with E-state index in [0.717, 1.165) is 12.1 Å². The molecule has 0 fully saturated rings. The van der Waals surface area contributed by atoms with Crippen molar-refractivity contribution >= 4 is 23.4 Å². The molecule has 1 aromatic heterocycles. The van der Waals surface area contributed by atoms with Crippen molar-refractivity contribution < 1.29 is 27.3 Å². The molecule has 2 N–H and O–H groups in total. The van der Waals surface area contributed by atoms with Crippen molar-refractivity contribution in [2.24, 2.45) is 0 Å². The van der Waals surface area contributed by atoms with E-state index >= 15 is 0 Å². The SMILES string of the molecule is CCCN(CC(=O)Nc1ccon1)C(=O)Nc1cccc(C(F)(F)F)c1. The lowest BCUT2D eigenvalue weighted by Gasteiger charge is -2.22. The third kappa shape index (κ3) is 5.50. The van der Waals surface area contributed by atoms with Crippen molar-refractivity contribution in [3.63, 3.8) is 0 Å². The van der Waals surface area contributed by atoms with E-state index in [1.165, 1.54) is 29.4 Å². The van der Waals surface area contributed by atoms with Gasteiger partial charge < -0.3 is 20.1 Å². The van der Waals surface area contributed by atoms with Crippen LogP contribution in [0.4, 0.5) is 29.5 Å². The topological polar surface area (TPSA) is 87.5 Å². The number of hydrogen-bond donors (Lipinski definition) is 2. The Hall–Kier alpha value is -3.04. The number of anilines is 2. The van der Waals surface area contributed by atoms with Gasteiger partial charge in [-0.25, -0.2) is 4.79 Å². The Bertz CT molecular complexity index is 747. The molecule has 1 aromatic carbocycles. The lowest BCUT2D eigenvalue weighted by molar-refractivity contribution is -0.137. The minimum atomic E-state index is -4.51. The standard InChI is InChI=1S/C16H17F3N4O3/c1-2-7-23(10-14(24)21-13-6-8-26-22-13)15(25)20-12-5-3-4-11(9-12)16(17,18)19/h3-6,8-9H,2,7,10H2,1H3,(H,20,25)(H,21,22,24). The van der Waals surface area contributed by atoms with Gasteiger partial charge in [0.1, 0.15) is 12.8 Å². The van der Waals surface area contributed by atoms with Gasteiger partial charge in [-0.05, 0) is 24.6 Å². The quantitative estimate of drug-likeness (QED) is 0.814. The Labute approximate surface area is 147 Å². The molecule has 0 aliphatic carbocycles. The number of nitrogens with zero attached hydrogens (tertiary/aromatic N) is 2. The molecule has 0 saturated heterocycles. The summed E-state index contributed by atoms with van der Waals surface area (Å²) in [4.78, 5) is 25.5. The summed E-state index contributed by atoms with van der Waals surface area (Å²) in [5, 5.41) is 8.34. The number of amides is 3. The van der Waals surface area contributed by atoms with Crippen molar-refractivity contribution in [1.29, 1.82) is 0 Å². The van der Waals surface area contributed by atoms with Crippen molar-refractivity contribution in [2.45, 2.75) is 19.5 Å². The highest BCUT2D eigenvalue weighted by Gasteiger charge is 2.30. The van der Waals surface area contributed by atoms with Gasteiger partial charge in [0.25, 0.3) is 0 Å². The third-order valence-corrected chi connectivity index (χ3v) is 3.26. The number of rotatable bonds is 6. The molecule has 0 aliphatic heterocycles.